The van der Waals surface area contributed by atoms with Crippen molar-refractivity contribution in [3.63, 3.8) is 0 Å². The summed E-state index contributed by atoms with van der Waals surface area (Å²) >= 11 is 0. The van der Waals surface area contributed by atoms with Crippen molar-refractivity contribution in [1.82, 2.24) is 5.32 Å². The number of hydrogen-bond acceptors (Lipinski definition) is 3. The van der Waals surface area contributed by atoms with Crippen LogP contribution in [0.3, 0.4) is 0 Å². The summed E-state index contributed by atoms with van der Waals surface area (Å²) in [4.78, 5) is 11.5. The second-order valence-electron chi connectivity index (χ2n) is 4.30. The van der Waals surface area contributed by atoms with Crippen LogP contribution < -0.4 is 5.32 Å². The lowest BCUT2D eigenvalue weighted by molar-refractivity contribution is -0.132. The van der Waals surface area contributed by atoms with Crippen LogP contribution in [0, 0.1) is 17.2 Å². The molecule has 0 aromatic heterocycles. The first kappa shape index (κ1) is 15.9. The van der Waals surface area contributed by atoms with E-state index in [2.05, 4.69) is 19.2 Å². The molecule has 0 aliphatic heterocycles. The zero-order valence-electron chi connectivity index (χ0n) is 11.2. The summed E-state index contributed by atoms with van der Waals surface area (Å²) < 4.78 is 5.52. The third-order valence-electron chi connectivity index (χ3n) is 2.86. The standard InChI is InChI=1S/C13H24N2O2/c1-4-11(3)7-6-10-17-12(5-2)13(16)15-9-8-14/h11-12H,4-7,9-10H2,1-3H3,(H,15,16). The van der Waals surface area contributed by atoms with E-state index in [0.717, 1.165) is 12.8 Å². The number of amides is 1. The number of hydrogen-bond donors (Lipinski definition) is 1. The fourth-order valence-corrected chi connectivity index (χ4v) is 1.48. The molecule has 2 atom stereocenters. The molecular weight excluding hydrogens is 216 g/mol. The molecule has 1 amide bonds. The predicted molar refractivity (Wildman–Crippen MR) is 67.3 cm³/mol. The van der Waals surface area contributed by atoms with E-state index in [1.807, 2.05) is 13.0 Å². The molecule has 0 spiro atoms. The van der Waals surface area contributed by atoms with Crippen molar-refractivity contribution in [3.05, 3.63) is 0 Å². The van der Waals surface area contributed by atoms with Gasteiger partial charge in [-0.25, -0.2) is 0 Å². The van der Waals surface area contributed by atoms with Crippen LogP contribution in [-0.2, 0) is 9.53 Å². The van der Waals surface area contributed by atoms with Gasteiger partial charge in [0.15, 0.2) is 0 Å². The maximum atomic E-state index is 11.5. The van der Waals surface area contributed by atoms with Gasteiger partial charge in [-0.05, 0) is 25.2 Å². The summed E-state index contributed by atoms with van der Waals surface area (Å²) in [5.41, 5.74) is 0. The lowest BCUT2D eigenvalue weighted by atomic mass is 10.0. The fourth-order valence-electron chi connectivity index (χ4n) is 1.48. The number of carbonyl (C=O) groups excluding carboxylic acids is 1. The number of ether oxygens (including phenoxy) is 1. The van der Waals surface area contributed by atoms with Crippen LogP contribution in [0.15, 0.2) is 0 Å². The third-order valence-corrected chi connectivity index (χ3v) is 2.86. The second kappa shape index (κ2) is 10.1. The molecule has 0 aromatic rings. The van der Waals surface area contributed by atoms with E-state index in [0.29, 0.717) is 18.9 Å². The summed E-state index contributed by atoms with van der Waals surface area (Å²) in [7, 11) is 0. The number of nitrogens with one attached hydrogen (secondary N) is 1. The molecule has 1 N–H and O–H groups in total. The lowest BCUT2D eigenvalue weighted by Crippen LogP contribution is -2.36. The van der Waals surface area contributed by atoms with Crippen molar-refractivity contribution >= 4 is 5.91 Å². The van der Waals surface area contributed by atoms with Gasteiger partial charge in [0.05, 0.1) is 6.07 Å². The number of rotatable bonds is 9. The molecule has 4 heteroatoms. The Morgan fingerprint density at radius 2 is 2.12 bits per heavy atom. The molecule has 0 fully saturated rings. The molecule has 0 aliphatic carbocycles. The Bertz CT molecular complexity index is 248. The molecule has 0 radical (unpaired) electrons. The summed E-state index contributed by atoms with van der Waals surface area (Å²) in [5.74, 6) is 0.531. The van der Waals surface area contributed by atoms with Crippen molar-refractivity contribution in [1.29, 1.82) is 5.26 Å². The molecule has 0 rings (SSSR count). The Balaban J connectivity index is 3.75. The van der Waals surface area contributed by atoms with Gasteiger partial charge >= 0.3 is 0 Å². The zero-order valence-corrected chi connectivity index (χ0v) is 11.2. The van der Waals surface area contributed by atoms with Gasteiger partial charge in [-0.3, -0.25) is 4.79 Å². The van der Waals surface area contributed by atoms with Crippen LogP contribution in [-0.4, -0.2) is 25.2 Å². The Morgan fingerprint density at radius 1 is 1.41 bits per heavy atom. The molecule has 2 unspecified atom stereocenters. The van der Waals surface area contributed by atoms with Gasteiger partial charge in [0.1, 0.15) is 12.6 Å². The monoisotopic (exact) mass is 240 g/mol. The number of nitrogens with zero attached hydrogens (tertiary/aromatic N) is 1. The highest BCUT2D eigenvalue weighted by molar-refractivity contribution is 5.80. The molecule has 0 aromatic carbocycles. The highest BCUT2D eigenvalue weighted by Gasteiger charge is 2.15. The first-order valence-corrected chi connectivity index (χ1v) is 6.41. The minimum Gasteiger partial charge on any atom is -0.368 e. The van der Waals surface area contributed by atoms with E-state index >= 15 is 0 Å². The van der Waals surface area contributed by atoms with Crippen molar-refractivity contribution in [3.8, 4) is 6.07 Å². The quantitative estimate of drug-likeness (QED) is 0.496. The van der Waals surface area contributed by atoms with Crippen LogP contribution in [0.2, 0.25) is 0 Å². The molecule has 0 aliphatic rings. The van der Waals surface area contributed by atoms with Crippen LogP contribution in [0.1, 0.15) is 46.5 Å². The van der Waals surface area contributed by atoms with Gasteiger partial charge in [-0.1, -0.05) is 27.2 Å². The minimum absolute atomic E-state index is 0.0472. The lowest BCUT2D eigenvalue weighted by Gasteiger charge is -2.15. The molecule has 17 heavy (non-hydrogen) atoms. The smallest absolute Gasteiger partial charge is 0.249 e. The molecule has 0 saturated heterocycles. The van der Waals surface area contributed by atoms with Gasteiger partial charge in [-0.2, -0.15) is 5.26 Å². The van der Waals surface area contributed by atoms with E-state index in [1.54, 1.807) is 0 Å². The fraction of sp³-hybridized carbons (Fsp3) is 0.846. The van der Waals surface area contributed by atoms with E-state index in [-0.39, 0.29) is 12.5 Å². The van der Waals surface area contributed by atoms with Crippen molar-refractivity contribution in [2.75, 3.05) is 13.2 Å². The maximum Gasteiger partial charge on any atom is 0.249 e. The summed E-state index contributed by atoms with van der Waals surface area (Å²) in [6, 6.07) is 1.88. The van der Waals surface area contributed by atoms with E-state index < -0.39 is 6.10 Å². The van der Waals surface area contributed by atoms with Gasteiger partial charge in [0.25, 0.3) is 0 Å². The predicted octanol–water partition coefficient (Wildman–Crippen LogP) is 2.25. The average Bonchev–Trinajstić information content (AvgIpc) is 2.35. The molecule has 0 saturated carbocycles. The Morgan fingerprint density at radius 3 is 2.65 bits per heavy atom. The third kappa shape index (κ3) is 7.76. The Kier molecular flexibility index (Phi) is 9.46. The highest BCUT2D eigenvalue weighted by Crippen LogP contribution is 2.10. The topological polar surface area (TPSA) is 62.1 Å². The van der Waals surface area contributed by atoms with Crippen LogP contribution >= 0.6 is 0 Å². The van der Waals surface area contributed by atoms with E-state index in [9.17, 15) is 4.79 Å². The summed E-state index contributed by atoms with van der Waals surface area (Å²) in [6.07, 6.45) is 3.52. The first-order chi connectivity index (χ1) is 8.15. The normalized spacial score (nSPS) is 13.8. The molecule has 0 bridgehead atoms. The van der Waals surface area contributed by atoms with Crippen LogP contribution in [0.25, 0.3) is 0 Å². The largest absolute Gasteiger partial charge is 0.368 e. The molecule has 4 nitrogen and oxygen atoms in total. The van der Waals surface area contributed by atoms with Crippen LogP contribution in [0.4, 0.5) is 0 Å². The SMILES string of the molecule is CCC(C)CCCOC(CC)C(=O)NCC#N. The van der Waals surface area contributed by atoms with Gasteiger partial charge < -0.3 is 10.1 Å². The van der Waals surface area contributed by atoms with Crippen molar-refractivity contribution in [2.45, 2.75) is 52.6 Å². The number of nitriles is 1. The molecule has 0 heterocycles. The zero-order chi connectivity index (χ0) is 13.1. The molecule has 98 valence electrons. The Hall–Kier alpha value is -1.08. The first-order valence-electron chi connectivity index (χ1n) is 6.41. The van der Waals surface area contributed by atoms with Crippen molar-refractivity contribution < 1.29 is 9.53 Å². The van der Waals surface area contributed by atoms with E-state index in [1.165, 1.54) is 6.42 Å². The minimum atomic E-state index is -0.416. The van der Waals surface area contributed by atoms with E-state index in [4.69, 9.17) is 10.00 Å². The van der Waals surface area contributed by atoms with Gasteiger partial charge in [-0.15, -0.1) is 0 Å². The molecular formula is C13H24N2O2. The summed E-state index contributed by atoms with van der Waals surface area (Å²) in [5, 5.41) is 10.9. The summed E-state index contributed by atoms with van der Waals surface area (Å²) in [6.45, 7) is 6.96. The highest BCUT2D eigenvalue weighted by atomic mass is 16.5. The average molecular weight is 240 g/mol. The Labute approximate surface area is 104 Å². The van der Waals surface area contributed by atoms with Crippen molar-refractivity contribution in [2.24, 2.45) is 5.92 Å². The number of carbonyl (C=O) groups is 1. The van der Waals surface area contributed by atoms with Gasteiger partial charge in [0.2, 0.25) is 5.91 Å². The van der Waals surface area contributed by atoms with Gasteiger partial charge in [0, 0.05) is 6.61 Å². The maximum absolute atomic E-state index is 11.5. The van der Waals surface area contributed by atoms with Crippen LogP contribution in [0.5, 0.6) is 0 Å². The second-order valence-corrected chi connectivity index (χ2v) is 4.30.